The van der Waals surface area contributed by atoms with Gasteiger partial charge in [-0.1, -0.05) is 29.3 Å². The van der Waals surface area contributed by atoms with E-state index in [9.17, 15) is 8.42 Å². The Morgan fingerprint density at radius 2 is 1.70 bits per heavy atom. The smallest absolute Gasteiger partial charge is 0.242 e. The molecule has 2 rings (SSSR count). The van der Waals surface area contributed by atoms with Crippen LogP contribution in [0.25, 0.3) is 0 Å². The van der Waals surface area contributed by atoms with Gasteiger partial charge in [-0.15, -0.1) is 0 Å². The molecule has 0 unspecified atom stereocenters. The quantitative estimate of drug-likeness (QED) is 0.888. The number of halogens is 2. The summed E-state index contributed by atoms with van der Waals surface area (Å²) >= 11 is 11.8. The van der Waals surface area contributed by atoms with E-state index in [1.165, 1.54) is 6.07 Å². The van der Waals surface area contributed by atoms with Gasteiger partial charge in [-0.3, -0.25) is 0 Å². The zero-order valence-electron chi connectivity index (χ0n) is 11.2. The second-order valence-corrected chi connectivity index (χ2v) is 7.48. The highest BCUT2D eigenvalue weighted by Crippen LogP contribution is 2.29. The minimum Gasteiger partial charge on any atom is -0.317 e. The van der Waals surface area contributed by atoms with Gasteiger partial charge < -0.3 is 5.32 Å². The van der Waals surface area contributed by atoms with Gasteiger partial charge in [0, 0.05) is 12.1 Å². The molecule has 0 aliphatic heterocycles. The summed E-state index contributed by atoms with van der Waals surface area (Å²) in [5, 5.41) is 3.54. The molecular weight excluding hydrogens is 319 g/mol. The Hall–Kier alpha value is -0.330. The predicted octanol–water partition coefficient (Wildman–Crippen LogP) is 2.80. The molecule has 0 bridgehead atoms. The summed E-state index contributed by atoms with van der Waals surface area (Å²) in [6, 6.07) is 5.06. The maximum Gasteiger partial charge on any atom is 0.242 e. The largest absolute Gasteiger partial charge is 0.317 e. The lowest BCUT2D eigenvalue weighted by Gasteiger charge is -2.28. The van der Waals surface area contributed by atoms with Crippen LogP contribution in [0.3, 0.4) is 0 Å². The third kappa shape index (κ3) is 3.65. The fraction of sp³-hybridized carbons (Fsp3) is 0.538. The van der Waals surface area contributed by atoms with Gasteiger partial charge in [0.1, 0.15) is 4.90 Å². The van der Waals surface area contributed by atoms with E-state index in [1.807, 2.05) is 7.05 Å². The molecule has 0 amide bonds. The number of nitrogens with one attached hydrogen (secondary N) is 2. The molecule has 1 fully saturated rings. The fourth-order valence-electron chi connectivity index (χ4n) is 2.47. The highest BCUT2D eigenvalue weighted by molar-refractivity contribution is 7.89. The van der Waals surface area contributed by atoms with Crippen LogP contribution in [0.5, 0.6) is 0 Å². The zero-order valence-corrected chi connectivity index (χ0v) is 13.5. The maximum atomic E-state index is 12.4. The Bertz CT molecular complexity index is 570. The topological polar surface area (TPSA) is 58.2 Å². The molecular formula is C13H18Cl2N2O2S. The average molecular weight is 337 g/mol. The van der Waals surface area contributed by atoms with Gasteiger partial charge >= 0.3 is 0 Å². The van der Waals surface area contributed by atoms with Crippen LogP contribution < -0.4 is 10.0 Å². The van der Waals surface area contributed by atoms with Crippen molar-refractivity contribution in [3.63, 3.8) is 0 Å². The van der Waals surface area contributed by atoms with Crippen LogP contribution in [0.2, 0.25) is 10.0 Å². The monoisotopic (exact) mass is 336 g/mol. The van der Waals surface area contributed by atoms with Crippen molar-refractivity contribution in [2.24, 2.45) is 0 Å². The lowest BCUT2D eigenvalue weighted by Crippen LogP contribution is -2.41. The van der Waals surface area contributed by atoms with Crippen molar-refractivity contribution >= 4 is 33.2 Å². The average Bonchev–Trinajstić information content (AvgIpc) is 2.42. The Balaban J connectivity index is 2.10. The van der Waals surface area contributed by atoms with E-state index >= 15 is 0 Å². The van der Waals surface area contributed by atoms with Crippen LogP contribution >= 0.6 is 23.2 Å². The molecule has 0 atom stereocenters. The van der Waals surface area contributed by atoms with E-state index in [1.54, 1.807) is 12.1 Å². The normalized spacial score (nSPS) is 23.8. The van der Waals surface area contributed by atoms with E-state index in [0.717, 1.165) is 25.7 Å². The van der Waals surface area contributed by atoms with Crippen LogP contribution in [0.15, 0.2) is 23.1 Å². The number of rotatable bonds is 4. The van der Waals surface area contributed by atoms with Gasteiger partial charge in [0.05, 0.1) is 10.0 Å². The van der Waals surface area contributed by atoms with E-state index < -0.39 is 10.0 Å². The molecule has 4 nitrogen and oxygen atoms in total. The molecule has 0 aromatic heterocycles. The van der Waals surface area contributed by atoms with Crippen LogP contribution in [0.1, 0.15) is 25.7 Å². The number of sulfonamides is 1. The Morgan fingerprint density at radius 1 is 1.10 bits per heavy atom. The lowest BCUT2D eigenvalue weighted by atomic mass is 9.92. The first kappa shape index (κ1) is 16.0. The van der Waals surface area contributed by atoms with Crippen LogP contribution in [0.4, 0.5) is 0 Å². The zero-order chi connectivity index (χ0) is 14.8. The Labute approximate surface area is 129 Å². The maximum absolute atomic E-state index is 12.4. The van der Waals surface area contributed by atoms with Crippen molar-refractivity contribution in [3.05, 3.63) is 28.2 Å². The van der Waals surface area contributed by atoms with Crippen molar-refractivity contribution in [2.45, 2.75) is 42.7 Å². The Morgan fingerprint density at radius 3 is 2.30 bits per heavy atom. The molecule has 0 radical (unpaired) electrons. The molecule has 1 aliphatic rings. The van der Waals surface area contributed by atoms with E-state index in [0.29, 0.717) is 6.04 Å². The molecule has 1 aromatic carbocycles. The first-order valence-corrected chi connectivity index (χ1v) is 8.81. The standard InChI is InChI=1S/C13H18Cl2N2O2S/c1-16-9-5-7-10(8-6-9)17-20(18,19)12-4-2-3-11(14)13(12)15/h2-4,9-10,16-17H,5-8H2,1H3. The minimum atomic E-state index is -3.62. The SMILES string of the molecule is CNC1CCC(NS(=O)(=O)c2cccc(Cl)c2Cl)CC1. The second-order valence-electron chi connectivity index (χ2n) is 5.01. The minimum absolute atomic E-state index is 0.0420. The van der Waals surface area contributed by atoms with E-state index in [-0.39, 0.29) is 21.0 Å². The number of benzene rings is 1. The van der Waals surface area contributed by atoms with Crippen LogP contribution in [-0.2, 0) is 10.0 Å². The number of hydrogen-bond acceptors (Lipinski definition) is 3. The molecule has 112 valence electrons. The highest BCUT2D eigenvalue weighted by Gasteiger charge is 2.26. The van der Waals surface area contributed by atoms with Crippen LogP contribution in [-0.4, -0.2) is 27.5 Å². The summed E-state index contributed by atoms with van der Waals surface area (Å²) in [4.78, 5) is 0.0439. The summed E-state index contributed by atoms with van der Waals surface area (Å²) in [6.07, 6.45) is 3.58. The molecule has 0 spiro atoms. The van der Waals surface area contributed by atoms with Gasteiger partial charge in [-0.25, -0.2) is 13.1 Å². The lowest BCUT2D eigenvalue weighted by molar-refractivity contribution is 0.343. The third-order valence-electron chi connectivity index (χ3n) is 3.66. The molecule has 1 saturated carbocycles. The van der Waals surface area contributed by atoms with Gasteiger partial charge in [-0.2, -0.15) is 0 Å². The fourth-order valence-corrected chi connectivity index (χ4v) is 4.54. The molecule has 1 aromatic rings. The van der Waals surface area contributed by atoms with Gasteiger partial charge in [0.15, 0.2) is 0 Å². The van der Waals surface area contributed by atoms with Crippen molar-refractivity contribution < 1.29 is 8.42 Å². The van der Waals surface area contributed by atoms with Crippen molar-refractivity contribution in [1.29, 1.82) is 0 Å². The number of hydrogen-bond donors (Lipinski definition) is 2. The first-order valence-electron chi connectivity index (χ1n) is 6.57. The summed E-state index contributed by atoms with van der Waals surface area (Å²) in [6.45, 7) is 0. The third-order valence-corrected chi connectivity index (χ3v) is 6.16. The van der Waals surface area contributed by atoms with Crippen molar-refractivity contribution in [3.8, 4) is 0 Å². The molecule has 20 heavy (non-hydrogen) atoms. The summed E-state index contributed by atoms with van der Waals surface area (Å²) in [7, 11) is -1.69. The summed E-state index contributed by atoms with van der Waals surface area (Å²) < 4.78 is 27.4. The highest BCUT2D eigenvalue weighted by atomic mass is 35.5. The second kappa shape index (κ2) is 6.62. The van der Waals surface area contributed by atoms with E-state index in [2.05, 4.69) is 10.0 Å². The molecule has 0 saturated heterocycles. The summed E-state index contributed by atoms with van der Waals surface area (Å²) in [5.41, 5.74) is 0. The molecule has 2 N–H and O–H groups in total. The predicted molar refractivity (Wildman–Crippen MR) is 81.9 cm³/mol. The van der Waals surface area contributed by atoms with Crippen molar-refractivity contribution in [1.82, 2.24) is 10.0 Å². The Kier molecular flexibility index (Phi) is 5.31. The summed E-state index contributed by atoms with van der Waals surface area (Å²) in [5.74, 6) is 0. The van der Waals surface area contributed by atoms with Gasteiger partial charge in [0.25, 0.3) is 0 Å². The van der Waals surface area contributed by atoms with Gasteiger partial charge in [-0.05, 0) is 44.9 Å². The molecule has 7 heteroatoms. The molecule has 0 heterocycles. The molecule has 1 aliphatic carbocycles. The van der Waals surface area contributed by atoms with Crippen molar-refractivity contribution in [2.75, 3.05) is 7.05 Å². The van der Waals surface area contributed by atoms with E-state index in [4.69, 9.17) is 23.2 Å². The van der Waals surface area contributed by atoms with Gasteiger partial charge in [0.2, 0.25) is 10.0 Å². The van der Waals surface area contributed by atoms with Crippen LogP contribution in [0, 0.1) is 0 Å². The first-order chi connectivity index (χ1) is 9.44.